The topological polar surface area (TPSA) is 25.8 Å². The van der Waals surface area contributed by atoms with Crippen molar-refractivity contribution in [3.8, 4) is 10.6 Å². The van der Waals surface area contributed by atoms with Crippen LogP contribution in [0.15, 0.2) is 54.6 Å². The predicted molar refractivity (Wildman–Crippen MR) is 79.2 cm³/mol. The third-order valence-electron chi connectivity index (χ3n) is 3.03. The van der Waals surface area contributed by atoms with Crippen LogP contribution in [0.3, 0.4) is 0 Å². The molecule has 0 saturated carbocycles. The predicted octanol–water partition coefficient (Wildman–Crippen LogP) is 4.13. The van der Waals surface area contributed by atoms with Crippen LogP contribution in [-0.4, -0.2) is 10.2 Å². The Balaban J connectivity index is 1.69. The van der Waals surface area contributed by atoms with Gasteiger partial charge in [-0.3, -0.25) is 0 Å². The molecule has 3 aromatic rings. The lowest BCUT2D eigenvalue weighted by molar-refractivity contribution is 0.628. The van der Waals surface area contributed by atoms with Crippen LogP contribution in [0.25, 0.3) is 10.6 Å². The van der Waals surface area contributed by atoms with Gasteiger partial charge in [-0.05, 0) is 36.2 Å². The Morgan fingerprint density at radius 3 is 2.35 bits per heavy atom. The summed E-state index contributed by atoms with van der Waals surface area (Å²) in [5.74, 6) is -0.234. The summed E-state index contributed by atoms with van der Waals surface area (Å²) in [5, 5.41) is 10.2. The van der Waals surface area contributed by atoms with Crippen LogP contribution in [0.2, 0.25) is 0 Å². The summed E-state index contributed by atoms with van der Waals surface area (Å²) in [4.78, 5) is 0. The van der Waals surface area contributed by atoms with E-state index in [9.17, 15) is 4.39 Å². The van der Waals surface area contributed by atoms with Gasteiger partial charge in [0.2, 0.25) is 0 Å². The molecule has 0 atom stereocenters. The summed E-state index contributed by atoms with van der Waals surface area (Å²) >= 11 is 1.57. The molecule has 0 aliphatic carbocycles. The van der Waals surface area contributed by atoms with Gasteiger partial charge in [0.1, 0.15) is 15.8 Å². The first-order chi connectivity index (χ1) is 9.81. The highest BCUT2D eigenvalue weighted by Gasteiger charge is 2.07. The van der Waals surface area contributed by atoms with Crippen LogP contribution in [0, 0.1) is 5.82 Å². The quantitative estimate of drug-likeness (QED) is 0.720. The van der Waals surface area contributed by atoms with Crippen molar-refractivity contribution in [2.45, 2.75) is 12.8 Å². The van der Waals surface area contributed by atoms with Crippen molar-refractivity contribution in [2.24, 2.45) is 0 Å². The molecule has 2 aromatic carbocycles. The molecule has 0 N–H and O–H groups in total. The number of halogens is 1. The second kappa shape index (κ2) is 5.92. The van der Waals surface area contributed by atoms with Crippen LogP contribution in [0.4, 0.5) is 4.39 Å². The SMILES string of the molecule is Fc1ccc(-c2nnc(CCc3ccccc3)s2)cc1. The molecule has 0 fully saturated rings. The lowest BCUT2D eigenvalue weighted by atomic mass is 10.1. The average Bonchev–Trinajstić information content (AvgIpc) is 2.96. The molecule has 0 bridgehead atoms. The van der Waals surface area contributed by atoms with Crippen LogP contribution < -0.4 is 0 Å². The fourth-order valence-corrected chi connectivity index (χ4v) is 2.80. The minimum atomic E-state index is -0.234. The van der Waals surface area contributed by atoms with Crippen LogP contribution in [0.1, 0.15) is 10.6 Å². The van der Waals surface area contributed by atoms with E-state index in [0.29, 0.717) is 0 Å². The van der Waals surface area contributed by atoms with Gasteiger partial charge in [-0.2, -0.15) is 0 Å². The Kier molecular flexibility index (Phi) is 3.83. The number of nitrogens with zero attached hydrogens (tertiary/aromatic N) is 2. The van der Waals surface area contributed by atoms with Crippen molar-refractivity contribution in [3.05, 3.63) is 71.0 Å². The molecule has 4 heteroatoms. The van der Waals surface area contributed by atoms with E-state index in [1.165, 1.54) is 17.7 Å². The van der Waals surface area contributed by atoms with Crippen molar-refractivity contribution in [1.29, 1.82) is 0 Å². The van der Waals surface area contributed by atoms with E-state index in [1.807, 2.05) is 18.2 Å². The highest BCUT2D eigenvalue weighted by Crippen LogP contribution is 2.24. The molecule has 0 saturated heterocycles. The van der Waals surface area contributed by atoms with Gasteiger partial charge >= 0.3 is 0 Å². The molecule has 0 aliphatic rings. The summed E-state index contributed by atoms with van der Waals surface area (Å²) < 4.78 is 12.9. The number of rotatable bonds is 4. The molecule has 0 aliphatic heterocycles. The fraction of sp³-hybridized carbons (Fsp3) is 0.125. The zero-order valence-corrected chi connectivity index (χ0v) is 11.6. The first-order valence-corrected chi connectivity index (χ1v) is 7.25. The van der Waals surface area contributed by atoms with Crippen LogP contribution in [0.5, 0.6) is 0 Å². The Hall–Kier alpha value is -2.07. The Morgan fingerprint density at radius 1 is 0.850 bits per heavy atom. The monoisotopic (exact) mass is 284 g/mol. The van der Waals surface area contributed by atoms with Crippen molar-refractivity contribution >= 4 is 11.3 Å². The largest absolute Gasteiger partial charge is 0.207 e. The van der Waals surface area contributed by atoms with E-state index in [2.05, 4.69) is 22.3 Å². The molecule has 2 nitrogen and oxygen atoms in total. The van der Waals surface area contributed by atoms with Crippen molar-refractivity contribution in [2.75, 3.05) is 0 Å². The molecule has 0 unspecified atom stereocenters. The van der Waals surface area contributed by atoms with Gasteiger partial charge in [0.25, 0.3) is 0 Å². The molecule has 100 valence electrons. The average molecular weight is 284 g/mol. The third-order valence-corrected chi connectivity index (χ3v) is 4.06. The highest BCUT2D eigenvalue weighted by atomic mass is 32.1. The number of aromatic nitrogens is 2. The lowest BCUT2D eigenvalue weighted by Crippen LogP contribution is -1.89. The summed E-state index contributed by atoms with van der Waals surface area (Å²) in [5.41, 5.74) is 2.21. The number of hydrogen-bond acceptors (Lipinski definition) is 3. The van der Waals surface area contributed by atoms with E-state index < -0.39 is 0 Å². The number of hydrogen-bond donors (Lipinski definition) is 0. The summed E-state index contributed by atoms with van der Waals surface area (Å²) in [6.07, 6.45) is 1.84. The summed E-state index contributed by atoms with van der Waals surface area (Å²) in [6, 6.07) is 16.7. The van der Waals surface area contributed by atoms with Crippen LogP contribution >= 0.6 is 11.3 Å². The number of benzene rings is 2. The second-order valence-corrected chi connectivity index (χ2v) is 5.56. The number of aryl methyl sites for hydroxylation is 2. The molecule has 20 heavy (non-hydrogen) atoms. The zero-order valence-electron chi connectivity index (χ0n) is 10.8. The Morgan fingerprint density at radius 2 is 1.60 bits per heavy atom. The normalized spacial score (nSPS) is 10.7. The van der Waals surface area contributed by atoms with Gasteiger partial charge in [0.15, 0.2) is 0 Å². The Bertz CT molecular complexity index is 677. The maximum atomic E-state index is 12.9. The second-order valence-electron chi connectivity index (χ2n) is 4.49. The molecule has 3 rings (SSSR count). The summed E-state index contributed by atoms with van der Waals surface area (Å²) in [6.45, 7) is 0. The molecule has 0 spiro atoms. The van der Waals surface area contributed by atoms with Crippen molar-refractivity contribution < 1.29 is 4.39 Å². The lowest BCUT2D eigenvalue weighted by Gasteiger charge is -1.97. The van der Waals surface area contributed by atoms with Gasteiger partial charge in [-0.1, -0.05) is 41.7 Å². The van der Waals surface area contributed by atoms with Gasteiger partial charge in [-0.15, -0.1) is 10.2 Å². The van der Waals surface area contributed by atoms with E-state index in [0.717, 1.165) is 28.4 Å². The molecule has 1 aromatic heterocycles. The molecule has 0 amide bonds. The highest BCUT2D eigenvalue weighted by molar-refractivity contribution is 7.14. The summed E-state index contributed by atoms with van der Waals surface area (Å²) in [7, 11) is 0. The van der Waals surface area contributed by atoms with Gasteiger partial charge < -0.3 is 0 Å². The minimum Gasteiger partial charge on any atom is -0.207 e. The van der Waals surface area contributed by atoms with Gasteiger partial charge in [-0.25, -0.2) is 4.39 Å². The molecule has 0 radical (unpaired) electrons. The van der Waals surface area contributed by atoms with Crippen molar-refractivity contribution in [1.82, 2.24) is 10.2 Å². The van der Waals surface area contributed by atoms with Gasteiger partial charge in [0, 0.05) is 12.0 Å². The Labute approximate surface area is 120 Å². The molecular formula is C16H13FN2S. The third kappa shape index (κ3) is 3.08. The maximum Gasteiger partial charge on any atom is 0.147 e. The first kappa shape index (κ1) is 12.9. The first-order valence-electron chi connectivity index (χ1n) is 6.43. The molecular weight excluding hydrogens is 271 g/mol. The van der Waals surface area contributed by atoms with Gasteiger partial charge in [0.05, 0.1) is 0 Å². The van der Waals surface area contributed by atoms with Crippen molar-refractivity contribution in [3.63, 3.8) is 0 Å². The fourth-order valence-electron chi connectivity index (χ4n) is 1.96. The smallest absolute Gasteiger partial charge is 0.147 e. The standard InChI is InChI=1S/C16H13FN2S/c17-14-9-7-13(8-10-14)16-19-18-15(20-16)11-6-12-4-2-1-3-5-12/h1-5,7-10H,6,11H2. The van der Waals surface area contributed by atoms with E-state index in [-0.39, 0.29) is 5.82 Å². The maximum absolute atomic E-state index is 12.9. The van der Waals surface area contributed by atoms with E-state index in [1.54, 1.807) is 23.5 Å². The minimum absolute atomic E-state index is 0.234. The molecule has 1 heterocycles. The van der Waals surface area contributed by atoms with E-state index >= 15 is 0 Å². The zero-order chi connectivity index (χ0) is 13.8. The van der Waals surface area contributed by atoms with Crippen LogP contribution in [-0.2, 0) is 12.8 Å². The van der Waals surface area contributed by atoms with E-state index in [4.69, 9.17) is 0 Å².